The Morgan fingerprint density at radius 2 is 1.65 bits per heavy atom. The fraction of sp³-hybridized carbons (Fsp3) is 0.400. The van der Waals surface area contributed by atoms with Gasteiger partial charge in [0.15, 0.2) is 0 Å². The minimum absolute atomic E-state index is 0.00226. The summed E-state index contributed by atoms with van der Waals surface area (Å²) in [6.45, 7) is 7.57. The predicted octanol–water partition coefficient (Wildman–Crippen LogP) is 9.03. The van der Waals surface area contributed by atoms with Crippen LogP contribution in [0.4, 0.5) is 13.6 Å². The lowest BCUT2D eigenvalue weighted by molar-refractivity contribution is 0.0144. The highest BCUT2D eigenvalue weighted by Gasteiger charge is 2.35. The molecule has 0 unspecified atom stereocenters. The van der Waals surface area contributed by atoms with Crippen LogP contribution in [0.15, 0.2) is 48.7 Å². The number of carbonyl (C=O) groups excluding carboxylic acids is 2. The molecule has 0 atom stereocenters. The number of benzene rings is 2. The summed E-state index contributed by atoms with van der Waals surface area (Å²) in [6.07, 6.45) is 3.88. The smallest absolute Gasteiger partial charge is 0.410 e. The third-order valence-electron chi connectivity index (χ3n) is 8.34. The van der Waals surface area contributed by atoms with Crippen molar-refractivity contribution in [2.75, 3.05) is 14.2 Å². The molecule has 11 heteroatoms. The molecule has 2 heterocycles. The molecule has 2 aromatic carbocycles. The van der Waals surface area contributed by atoms with Crippen molar-refractivity contribution in [1.82, 2.24) is 14.8 Å². The molecule has 0 saturated heterocycles. The van der Waals surface area contributed by atoms with Crippen molar-refractivity contribution >= 4 is 45.0 Å². The lowest BCUT2D eigenvalue weighted by Gasteiger charge is -2.40. The molecule has 244 valence electrons. The second-order valence-electron chi connectivity index (χ2n) is 12.7. The van der Waals surface area contributed by atoms with E-state index in [2.05, 4.69) is 4.98 Å². The minimum Gasteiger partial charge on any atom is -0.496 e. The van der Waals surface area contributed by atoms with Gasteiger partial charge in [0.1, 0.15) is 27.9 Å². The van der Waals surface area contributed by atoms with E-state index in [9.17, 15) is 18.4 Å². The maximum Gasteiger partial charge on any atom is 0.410 e. The third-order valence-corrected chi connectivity index (χ3v) is 10.0. The number of nitrogens with zero attached hydrogens (tertiary/aromatic N) is 3. The van der Waals surface area contributed by atoms with E-state index in [1.165, 1.54) is 0 Å². The van der Waals surface area contributed by atoms with Gasteiger partial charge in [-0.3, -0.25) is 9.78 Å². The number of ether oxygens (including phenoxy) is 2. The van der Waals surface area contributed by atoms with E-state index in [1.807, 2.05) is 58.0 Å². The number of thiophene rings is 1. The van der Waals surface area contributed by atoms with Gasteiger partial charge in [0.05, 0.1) is 22.2 Å². The molecule has 0 radical (unpaired) electrons. The largest absolute Gasteiger partial charge is 0.496 e. The normalized spacial score (nSPS) is 16.7. The van der Waals surface area contributed by atoms with Crippen LogP contribution in [0, 0.1) is 18.6 Å². The molecule has 46 heavy (non-hydrogen) atoms. The van der Waals surface area contributed by atoms with Crippen LogP contribution in [0.1, 0.15) is 67.4 Å². The van der Waals surface area contributed by atoms with E-state index in [-0.39, 0.29) is 38.6 Å². The van der Waals surface area contributed by atoms with Crippen LogP contribution in [0.5, 0.6) is 5.75 Å². The second kappa shape index (κ2) is 13.5. The molecule has 1 aliphatic rings. The van der Waals surface area contributed by atoms with Gasteiger partial charge in [-0.05, 0) is 89.3 Å². The van der Waals surface area contributed by atoms with Crippen molar-refractivity contribution in [3.05, 3.63) is 81.5 Å². The van der Waals surface area contributed by atoms with E-state index in [4.69, 9.17) is 21.1 Å². The van der Waals surface area contributed by atoms with Gasteiger partial charge in [0.2, 0.25) is 0 Å². The first-order valence-electron chi connectivity index (χ1n) is 15.2. The number of aromatic nitrogens is 1. The summed E-state index contributed by atoms with van der Waals surface area (Å²) in [5.74, 6) is -1.14. The fourth-order valence-corrected chi connectivity index (χ4v) is 7.38. The molecule has 0 N–H and O–H groups in total. The first kappa shape index (κ1) is 33.6. The number of hydrogen-bond donors (Lipinski definition) is 0. The SMILES string of the molecule is COc1ccc(-c2ccc(C)nc2)cc1CN(C(=O)c1sc2c(F)ccc(F)c2c1Cl)C1CCC(N(C)C(=O)OC(C)(C)C)CC1. The zero-order valence-electron chi connectivity index (χ0n) is 26.8. The van der Waals surface area contributed by atoms with Gasteiger partial charge >= 0.3 is 6.09 Å². The Balaban J connectivity index is 1.49. The molecule has 4 aromatic rings. The number of amides is 2. The van der Waals surface area contributed by atoms with E-state index < -0.39 is 29.2 Å². The highest BCUT2D eigenvalue weighted by Crippen LogP contribution is 2.41. The van der Waals surface area contributed by atoms with Crippen LogP contribution < -0.4 is 4.74 Å². The molecule has 1 saturated carbocycles. The fourth-order valence-electron chi connectivity index (χ4n) is 5.88. The van der Waals surface area contributed by atoms with Crippen molar-refractivity contribution in [2.45, 2.75) is 77.6 Å². The summed E-state index contributed by atoms with van der Waals surface area (Å²) in [6, 6.07) is 11.4. The lowest BCUT2D eigenvalue weighted by atomic mass is 9.89. The molecular weight excluding hydrogens is 632 g/mol. The Hall–Kier alpha value is -3.76. The third kappa shape index (κ3) is 7.13. The molecule has 1 fully saturated rings. The van der Waals surface area contributed by atoms with Crippen LogP contribution in [0.25, 0.3) is 21.2 Å². The number of carbonyl (C=O) groups is 2. The number of methoxy groups -OCH3 is 1. The average molecular weight is 670 g/mol. The molecule has 5 rings (SSSR count). The first-order valence-corrected chi connectivity index (χ1v) is 16.4. The van der Waals surface area contributed by atoms with Crippen molar-refractivity contribution in [1.29, 1.82) is 0 Å². The van der Waals surface area contributed by atoms with Crippen molar-refractivity contribution in [3.63, 3.8) is 0 Å². The van der Waals surface area contributed by atoms with Gasteiger partial charge in [0.25, 0.3) is 5.91 Å². The van der Waals surface area contributed by atoms with E-state index in [1.54, 1.807) is 30.2 Å². The highest BCUT2D eigenvalue weighted by atomic mass is 35.5. The molecular formula is C35H38ClF2N3O4S. The van der Waals surface area contributed by atoms with Gasteiger partial charge in [-0.2, -0.15) is 0 Å². The van der Waals surface area contributed by atoms with Crippen LogP contribution in [0.2, 0.25) is 5.02 Å². The van der Waals surface area contributed by atoms with Gasteiger partial charge in [-0.25, -0.2) is 13.6 Å². The minimum atomic E-state index is -0.685. The molecule has 7 nitrogen and oxygen atoms in total. The summed E-state index contributed by atoms with van der Waals surface area (Å²) in [5.41, 5.74) is 2.86. The number of hydrogen-bond acceptors (Lipinski definition) is 6. The van der Waals surface area contributed by atoms with Crippen molar-refractivity contribution in [2.24, 2.45) is 0 Å². The maximum absolute atomic E-state index is 14.8. The number of fused-ring (bicyclic) bond motifs is 1. The lowest BCUT2D eigenvalue weighted by Crippen LogP contribution is -2.47. The van der Waals surface area contributed by atoms with E-state index >= 15 is 0 Å². The Morgan fingerprint density at radius 1 is 1.00 bits per heavy atom. The molecule has 0 bridgehead atoms. The average Bonchev–Trinajstić information content (AvgIpc) is 3.38. The van der Waals surface area contributed by atoms with Crippen molar-refractivity contribution < 1.29 is 27.8 Å². The predicted molar refractivity (Wildman–Crippen MR) is 178 cm³/mol. The summed E-state index contributed by atoms with van der Waals surface area (Å²) < 4.78 is 40.8. The molecule has 2 aromatic heterocycles. The van der Waals surface area contributed by atoms with Crippen LogP contribution in [-0.2, 0) is 11.3 Å². The second-order valence-corrected chi connectivity index (χ2v) is 14.1. The Morgan fingerprint density at radius 3 is 2.26 bits per heavy atom. The molecule has 2 amide bonds. The Labute approximate surface area is 277 Å². The number of pyridine rings is 1. The van der Waals surface area contributed by atoms with Gasteiger partial charge in [-0.15, -0.1) is 11.3 Å². The summed E-state index contributed by atoms with van der Waals surface area (Å²) in [7, 11) is 3.31. The monoisotopic (exact) mass is 669 g/mol. The Bertz CT molecular complexity index is 1750. The molecule has 0 aliphatic heterocycles. The topological polar surface area (TPSA) is 72.0 Å². The standard InChI is InChI=1S/C35H38ClF2N3O4S/c1-20-7-8-22(18-39-20)21-9-16-28(44-6)23(17-21)19-41(25-12-10-24(11-13-25)40(5)34(43)45-35(2,3)4)33(42)32-30(36)29-26(37)14-15-27(38)31(29)46-32/h7-9,14-18,24-25H,10-13,19H2,1-6H3. The van der Waals surface area contributed by atoms with Gasteiger partial charge in [-0.1, -0.05) is 23.7 Å². The van der Waals surface area contributed by atoms with Crippen LogP contribution >= 0.6 is 22.9 Å². The zero-order chi connectivity index (χ0) is 33.3. The zero-order valence-corrected chi connectivity index (χ0v) is 28.4. The van der Waals surface area contributed by atoms with Crippen molar-refractivity contribution in [3.8, 4) is 16.9 Å². The number of halogens is 3. The summed E-state index contributed by atoms with van der Waals surface area (Å²) in [5, 5.41) is -0.194. The molecule has 1 aliphatic carbocycles. The maximum atomic E-state index is 14.8. The van der Waals surface area contributed by atoms with E-state index in [0.29, 0.717) is 31.4 Å². The summed E-state index contributed by atoms with van der Waals surface area (Å²) in [4.78, 5) is 35.0. The summed E-state index contributed by atoms with van der Waals surface area (Å²) >= 11 is 7.47. The highest BCUT2D eigenvalue weighted by molar-refractivity contribution is 7.21. The van der Waals surface area contributed by atoms with E-state index in [0.717, 1.165) is 45.9 Å². The Kier molecular flexibility index (Phi) is 9.89. The van der Waals surface area contributed by atoms with Gasteiger partial charge in [0, 0.05) is 48.7 Å². The number of rotatable bonds is 7. The van der Waals surface area contributed by atoms with Crippen LogP contribution in [0.3, 0.4) is 0 Å². The quantitative estimate of drug-likeness (QED) is 0.196. The van der Waals surface area contributed by atoms with Gasteiger partial charge < -0.3 is 19.3 Å². The first-order chi connectivity index (χ1) is 21.8. The van der Waals surface area contributed by atoms with Crippen LogP contribution in [-0.4, -0.2) is 58.6 Å². The number of aryl methyl sites for hydroxylation is 1. The molecule has 0 spiro atoms.